The quantitative estimate of drug-likeness (QED) is 0.196. The van der Waals surface area contributed by atoms with Gasteiger partial charge in [0, 0.05) is 27.5 Å². The van der Waals surface area contributed by atoms with Crippen LogP contribution in [-0.2, 0) is 0 Å². The van der Waals surface area contributed by atoms with Crippen LogP contribution in [0, 0.1) is 0 Å². The molecule has 43 heavy (non-hydrogen) atoms. The summed E-state index contributed by atoms with van der Waals surface area (Å²) in [6, 6.07) is 16.4. The fourth-order valence-electron chi connectivity index (χ4n) is 6.21. The lowest BCUT2D eigenvalue weighted by atomic mass is 9.85. The highest BCUT2D eigenvalue weighted by molar-refractivity contribution is 6.24. The van der Waals surface area contributed by atoms with Crippen LogP contribution in [0.1, 0.15) is 17.8 Å². The van der Waals surface area contributed by atoms with Gasteiger partial charge in [-0.3, -0.25) is 0 Å². The highest BCUT2D eigenvalue weighted by Gasteiger charge is 2.21. The van der Waals surface area contributed by atoms with Crippen molar-refractivity contribution in [3.05, 3.63) is 157 Å². The second-order valence-electron chi connectivity index (χ2n) is 10.2. The first kappa shape index (κ1) is 14.5. The molecule has 0 amide bonds. The zero-order valence-corrected chi connectivity index (χ0v) is 22.4. The molecule has 1 heteroatoms. The number of hydrogen-bond acceptors (Lipinski definition) is 1. The van der Waals surface area contributed by atoms with Crippen LogP contribution in [0.3, 0.4) is 0 Å². The Balaban J connectivity index is 1.54. The fraction of sp³-hybridized carbons (Fsp3) is 0. The smallest absolute Gasteiger partial charge is 0.143 e. The van der Waals surface area contributed by atoms with Gasteiger partial charge in [0.2, 0.25) is 0 Å². The van der Waals surface area contributed by atoms with E-state index in [0.717, 1.165) is 27.3 Å². The number of rotatable bonds is 3. The molecule has 0 fully saturated rings. The van der Waals surface area contributed by atoms with Crippen molar-refractivity contribution in [2.24, 2.45) is 0 Å². The van der Waals surface area contributed by atoms with Crippen LogP contribution in [-0.4, -0.2) is 0 Å². The van der Waals surface area contributed by atoms with E-state index in [2.05, 4.69) is 0 Å². The lowest BCUT2D eigenvalue weighted by molar-refractivity contribution is 0.671. The molecule has 8 aromatic carbocycles. The average molecular weight is 560 g/mol. The van der Waals surface area contributed by atoms with Crippen molar-refractivity contribution in [2.45, 2.75) is 0 Å². The third-order valence-electron chi connectivity index (χ3n) is 8.00. The number of benzene rings is 8. The molecule has 0 aliphatic carbocycles. The summed E-state index contributed by atoms with van der Waals surface area (Å²) in [7, 11) is 0. The van der Waals surface area contributed by atoms with Crippen molar-refractivity contribution in [3.63, 3.8) is 0 Å². The number of furan rings is 1. The van der Waals surface area contributed by atoms with Crippen LogP contribution in [0.15, 0.2) is 162 Å². The Morgan fingerprint density at radius 2 is 0.860 bits per heavy atom. The number of para-hydroxylation sites is 2. The van der Waals surface area contributed by atoms with Gasteiger partial charge in [-0.05, 0) is 49.0 Å². The van der Waals surface area contributed by atoms with Gasteiger partial charge >= 0.3 is 0 Å². The minimum atomic E-state index is -0.720. The minimum absolute atomic E-state index is 0.0153. The first-order chi connectivity index (χ1) is 26.8. The highest BCUT2D eigenvalue weighted by Crippen LogP contribution is 2.47. The van der Waals surface area contributed by atoms with Gasteiger partial charge in [0.1, 0.15) is 11.2 Å². The molecule has 0 spiro atoms. The van der Waals surface area contributed by atoms with E-state index < -0.39 is 84.1 Å². The summed E-state index contributed by atoms with van der Waals surface area (Å²) in [4.78, 5) is 0. The van der Waals surface area contributed by atoms with Crippen LogP contribution >= 0.6 is 0 Å². The van der Waals surface area contributed by atoms with Crippen LogP contribution in [0.4, 0.5) is 0 Å². The molecule has 200 valence electrons. The van der Waals surface area contributed by atoms with Gasteiger partial charge in [-0.1, -0.05) is 157 Å². The topological polar surface area (TPSA) is 13.1 Å². The molecule has 9 rings (SSSR count). The normalized spacial score (nSPS) is 16.0. The lowest BCUT2D eigenvalue weighted by Gasteiger charge is -2.17. The molecule has 1 heterocycles. The molecule has 0 aliphatic rings. The monoisotopic (exact) mass is 559 g/mol. The maximum atomic E-state index is 9.32. The zero-order valence-electron chi connectivity index (χ0n) is 35.4. The van der Waals surface area contributed by atoms with Gasteiger partial charge in [-0.2, -0.15) is 0 Å². The summed E-state index contributed by atoms with van der Waals surface area (Å²) < 4.78 is 122. The van der Waals surface area contributed by atoms with Crippen molar-refractivity contribution >= 4 is 54.3 Å². The van der Waals surface area contributed by atoms with Crippen LogP contribution in [0.25, 0.3) is 87.6 Å². The van der Waals surface area contributed by atoms with Gasteiger partial charge in [-0.25, -0.2) is 0 Å². The maximum Gasteiger partial charge on any atom is 0.143 e. The third kappa shape index (κ3) is 3.58. The minimum Gasteiger partial charge on any atom is -0.455 e. The highest BCUT2D eigenvalue weighted by atomic mass is 16.3. The van der Waals surface area contributed by atoms with Gasteiger partial charge in [0.15, 0.2) is 0 Å². The second-order valence-corrected chi connectivity index (χ2v) is 10.2. The Morgan fingerprint density at radius 3 is 1.56 bits per heavy atom. The lowest BCUT2D eigenvalue weighted by Crippen LogP contribution is -1.90. The first-order valence-electron chi connectivity index (χ1n) is 20.2. The Hall–Kier alpha value is -5.66. The fourth-order valence-corrected chi connectivity index (χ4v) is 6.21. The van der Waals surface area contributed by atoms with E-state index in [-0.39, 0.29) is 43.8 Å². The van der Waals surface area contributed by atoms with Crippen molar-refractivity contribution in [3.8, 4) is 33.4 Å². The van der Waals surface area contributed by atoms with E-state index in [4.69, 9.17) is 16.8 Å². The molecule has 0 N–H and O–H groups in total. The summed E-state index contributed by atoms with van der Waals surface area (Å²) in [5.74, 6) is 0. The standard InChI is InChI=1S/C42H26O/c1-2-14-28(15-3-1)39-31-18-6-8-20-33(31)40(34-21-9-7-19-32(34)39)38-26-12-25-37-36-24-11-23-35(41(36)43-42(37)38)30-22-10-16-27-13-4-5-17-29(27)30/h1-26H/i1D,2D,3D,6D,7D,8D,9D,14D,15D,18D,19D,20D,21D. The van der Waals surface area contributed by atoms with Crippen LogP contribution in [0.2, 0.25) is 0 Å². The SMILES string of the molecule is [2H]c1c([2H])c([2H])c(-c2c3c([2H])c([2H])c([2H])c([2H])c3c(-c3cccc4c3oc3c(-c5cccc6ccccc56)cccc34)c3c([2H])c([2H])c([2H])c([2H])c23)c([2H])c1[2H]. The zero-order chi connectivity index (χ0) is 39.6. The summed E-state index contributed by atoms with van der Waals surface area (Å²) in [5, 5.41) is 2.51. The Kier molecular flexibility index (Phi) is 3.18. The maximum absolute atomic E-state index is 9.32. The Morgan fingerprint density at radius 1 is 0.372 bits per heavy atom. The Labute approximate surface area is 267 Å². The molecule has 0 saturated heterocycles. The van der Waals surface area contributed by atoms with Crippen molar-refractivity contribution in [2.75, 3.05) is 0 Å². The van der Waals surface area contributed by atoms with Crippen molar-refractivity contribution in [1.29, 1.82) is 0 Å². The Bertz CT molecular complexity index is 3130. The largest absolute Gasteiger partial charge is 0.455 e. The van der Waals surface area contributed by atoms with Gasteiger partial charge < -0.3 is 4.42 Å². The van der Waals surface area contributed by atoms with Crippen LogP contribution < -0.4 is 0 Å². The molecule has 1 nitrogen and oxygen atoms in total. The predicted octanol–water partition coefficient (Wildman–Crippen LogP) is 12.0. The molecule has 1 aromatic heterocycles. The van der Waals surface area contributed by atoms with E-state index in [0.29, 0.717) is 11.0 Å². The van der Waals surface area contributed by atoms with Gasteiger partial charge in [0.25, 0.3) is 0 Å². The summed E-state index contributed by atoms with van der Waals surface area (Å²) >= 11 is 0. The van der Waals surface area contributed by atoms with Crippen LogP contribution in [0.5, 0.6) is 0 Å². The molecular formula is C42H26O. The van der Waals surface area contributed by atoms with Gasteiger partial charge in [-0.15, -0.1) is 0 Å². The molecule has 0 saturated carbocycles. The molecule has 0 unspecified atom stereocenters. The third-order valence-corrected chi connectivity index (χ3v) is 8.00. The van der Waals surface area contributed by atoms with Crippen molar-refractivity contribution < 1.29 is 22.2 Å². The number of hydrogen-bond donors (Lipinski definition) is 0. The summed E-state index contributed by atoms with van der Waals surface area (Å²) in [6.45, 7) is 0. The molecule has 0 bridgehead atoms. The van der Waals surface area contributed by atoms with Crippen molar-refractivity contribution in [1.82, 2.24) is 0 Å². The molecule has 0 atom stereocenters. The van der Waals surface area contributed by atoms with Gasteiger partial charge in [0.05, 0.1) is 17.8 Å². The second kappa shape index (κ2) is 9.44. The summed E-state index contributed by atoms with van der Waals surface area (Å²) in [6.07, 6.45) is 0. The van der Waals surface area contributed by atoms with E-state index in [1.54, 1.807) is 12.1 Å². The molecule has 0 radical (unpaired) electrons. The van der Waals surface area contributed by atoms with E-state index in [9.17, 15) is 5.48 Å². The molecule has 0 aliphatic heterocycles. The van der Waals surface area contributed by atoms with E-state index >= 15 is 0 Å². The number of fused-ring (bicyclic) bond motifs is 6. The molecular weight excluding hydrogens is 520 g/mol. The predicted molar refractivity (Wildman–Crippen MR) is 183 cm³/mol. The van der Waals surface area contributed by atoms with E-state index in [1.807, 2.05) is 66.7 Å². The first-order valence-corrected chi connectivity index (χ1v) is 13.7. The van der Waals surface area contributed by atoms with E-state index in [1.165, 1.54) is 0 Å². The molecule has 9 aromatic rings. The average Bonchev–Trinajstić information content (AvgIpc) is 3.60. The summed E-state index contributed by atoms with van der Waals surface area (Å²) in [5.41, 5.74) is 2.00.